The first-order chi connectivity index (χ1) is 36.9. The van der Waals surface area contributed by atoms with Crippen molar-refractivity contribution in [1.29, 1.82) is 0 Å². The van der Waals surface area contributed by atoms with Crippen LogP contribution in [0.5, 0.6) is 69.0 Å². The maximum Gasteiger partial charge on any atom is 0.306 e. The highest BCUT2D eigenvalue weighted by molar-refractivity contribution is 9.18. The van der Waals surface area contributed by atoms with E-state index in [9.17, 15) is 10.1 Å². The third kappa shape index (κ3) is 8.78. The Hall–Kier alpha value is -9.04. The quantitative estimate of drug-likeness (QED) is 0.0641. The van der Waals surface area contributed by atoms with Gasteiger partial charge in [-0.25, -0.2) is 9.98 Å². The summed E-state index contributed by atoms with van der Waals surface area (Å²) >= 11 is 3.74. The standard InChI is InChI=1S/C56H52BrN5O14/c1-65-37-19-27(20-38(66-2)52(37)73-9)45-31-13-14-32(58-31)46(28-21-39(67-3)53(74-10)40(22-28)68-4)34-16-18-36(60-34)48(30-25-43(71-7)55(76-12)44(26-30)72-8)50-51(62(63)64)49(56(57)61-50)47(35-17-15-33(45)59-35)29-23-41(69-5)54(75-11)42(24-29)70-6/h13-26,59-60H,1-12H3. The first kappa shape index (κ1) is 51.8. The van der Waals surface area contributed by atoms with Crippen LogP contribution in [-0.2, 0) is 0 Å². The average molecular weight is 1100 g/mol. The zero-order valence-electron chi connectivity index (χ0n) is 43.5. The van der Waals surface area contributed by atoms with Gasteiger partial charge in [0.1, 0.15) is 4.62 Å². The fraction of sp³-hybridized carbons (Fsp3) is 0.214. The lowest BCUT2D eigenvalue weighted by Gasteiger charge is -2.16. The monoisotopic (exact) mass is 1100 g/mol. The van der Waals surface area contributed by atoms with Crippen molar-refractivity contribution in [2.75, 3.05) is 85.3 Å². The maximum absolute atomic E-state index is 14.2. The largest absolute Gasteiger partial charge is 0.493 e. The summed E-state index contributed by atoms with van der Waals surface area (Å²) in [6.45, 7) is 0. The second-order valence-corrected chi connectivity index (χ2v) is 17.4. The molecular formula is C56H52BrN5O14. The van der Waals surface area contributed by atoms with Gasteiger partial charge in [-0.1, -0.05) is 0 Å². The summed E-state index contributed by atoms with van der Waals surface area (Å²) in [6, 6.07) is 21.5. The number of rotatable bonds is 17. The van der Waals surface area contributed by atoms with Crippen LogP contribution in [0.1, 0.15) is 17.0 Å². The molecule has 0 atom stereocenters. The van der Waals surface area contributed by atoms with Crippen molar-refractivity contribution < 1.29 is 61.8 Å². The third-order valence-corrected chi connectivity index (χ3v) is 13.5. The number of nitrogens with one attached hydrogen (secondary N) is 2. The SMILES string of the molecule is COc1cc(-c2c3nc(c(-c4cc(OC)c(OC)c(OC)c4)c4ccc([nH]4)c(-c4cc(OC)c(OC)c(OC)c4)c4c([N+](=O)[O-])c(c(-c5cc(OC)c(OC)c(OC)c5)c5ccc2[nH]5)N=C4Br)C=C3)cc(OC)c1OC. The second-order valence-electron chi connectivity index (χ2n) is 16.7. The van der Waals surface area contributed by atoms with Crippen LogP contribution < -0.4 is 56.8 Å². The minimum absolute atomic E-state index is 0.0221. The van der Waals surface area contributed by atoms with Gasteiger partial charge >= 0.3 is 5.69 Å². The minimum atomic E-state index is -0.453. The van der Waals surface area contributed by atoms with E-state index in [0.717, 1.165) is 0 Å². The van der Waals surface area contributed by atoms with Crippen LogP contribution in [0.15, 0.2) is 77.8 Å². The summed E-state index contributed by atoms with van der Waals surface area (Å²) in [5.41, 5.74) is 6.61. The Labute approximate surface area is 444 Å². The molecule has 4 aromatic carbocycles. The highest BCUT2D eigenvalue weighted by Crippen LogP contribution is 2.53. The van der Waals surface area contributed by atoms with Crippen molar-refractivity contribution in [3.8, 4) is 114 Å². The smallest absolute Gasteiger partial charge is 0.306 e. The number of aliphatic imine (C=N–C) groups is 1. The van der Waals surface area contributed by atoms with Crippen molar-refractivity contribution in [3.63, 3.8) is 0 Å². The van der Waals surface area contributed by atoms with Crippen molar-refractivity contribution in [2.45, 2.75) is 0 Å². The molecule has 76 heavy (non-hydrogen) atoms. The zero-order chi connectivity index (χ0) is 54.1. The van der Waals surface area contributed by atoms with Gasteiger partial charge in [0.05, 0.1) is 107 Å². The summed E-state index contributed by atoms with van der Waals surface area (Å²) < 4.78 is 70.1. The fourth-order valence-electron chi connectivity index (χ4n) is 9.65. The maximum atomic E-state index is 14.2. The van der Waals surface area contributed by atoms with E-state index in [1.54, 1.807) is 24.3 Å². The number of hydrogen-bond acceptors (Lipinski definition) is 16. The number of aromatic amines is 2. The van der Waals surface area contributed by atoms with E-state index in [2.05, 4.69) is 25.9 Å². The molecule has 0 radical (unpaired) electrons. The number of H-pyrrole nitrogens is 2. The predicted molar refractivity (Wildman–Crippen MR) is 294 cm³/mol. The Bertz CT molecular complexity index is 3610. The number of ether oxygens (including phenoxy) is 12. The molecule has 20 heteroatoms. The van der Waals surface area contributed by atoms with Gasteiger partial charge in [0.2, 0.25) is 23.0 Å². The first-order valence-electron chi connectivity index (χ1n) is 23.1. The second kappa shape index (κ2) is 21.4. The predicted octanol–water partition coefficient (Wildman–Crippen LogP) is 12.2. The summed E-state index contributed by atoms with van der Waals surface area (Å²) in [5, 5.41) is 14.2. The van der Waals surface area contributed by atoms with Crippen LogP contribution in [0, 0.1) is 10.1 Å². The molecular weight excluding hydrogens is 1050 g/mol. The zero-order valence-corrected chi connectivity index (χ0v) is 45.1. The van der Waals surface area contributed by atoms with Gasteiger partial charge < -0.3 is 66.8 Å². The Morgan fingerprint density at radius 2 is 0.684 bits per heavy atom. The van der Waals surface area contributed by atoms with Gasteiger partial charge in [0.25, 0.3) is 0 Å². The van der Waals surface area contributed by atoms with Crippen LogP contribution in [0.2, 0.25) is 0 Å². The first-order valence-corrected chi connectivity index (χ1v) is 23.9. The van der Waals surface area contributed by atoms with E-state index in [-0.39, 0.29) is 33.1 Å². The summed E-state index contributed by atoms with van der Waals surface area (Å²) in [6.07, 6.45) is 3.80. The Morgan fingerprint density at radius 1 is 0.408 bits per heavy atom. The number of benzene rings is 4. The van der Waals surface area contributed by atoms with E-state index >= 15 is 0 Å². The molecule has 0 unspecified atom stereocenters. The van der Waals surface area contributed by atoms with Gasteiger partial charge in [-0.05, 0) is 123 Å². The van der Waals surface area contributed by atoms with Crippen LogP contribution in [0.3, 0.4) is 0 Å². The number of methoxy groups -OCH3 is 12. The minimum Gasteiger partial charge on any atom is -0.493 e. The molecule has 0 spiro atoms. The summed E-state index contributed by atoms with van der Waals surface area (Å²) in [7, 11) is 18.2. The molecule has 0 amide bonds. The van der Waals surface area contributed by atoms with Gasteiger partial charge in [-0.2, -0.15) is 0 Å². The normalized spacial score (nSPS) is 11.6. The van der Waals surface area contributed by atoms with Crippen molar-refractivity contribution in [1.82, 2.24) is 15.0 Å². The number of fused-ring (bicyclic) bond motifs is 8. The van der Waals surface area contributed by atoms with Crippen LogP contribution in [-0.4, -0.2) is 110 Å². The molecule has 8 bridgehead atoms. The summed E-state index contributed by atoms with van der Waals surface area (Å²) in [4.78, 5) is 31.5. The third-order valence-electron chi connectivity index (χ3n) is 13.0. The molecule has 0 saturated carbocycles. The van der Waals surface area contributed by atoms with E-state index in [4.69, 9.17) is 66.8 Å². The molecule has 19 nitrogen and oxygen atoms in total. The van der Waals surface area contributed by atoms with E-state index < -0.39 is 4.92 Å². The highest BCUT2D eigenvalue weighted by Gasteiger charge is 2.35. The van der Waals surface area contributed by atoms with Crippen LogP contribution in [0.4, 0.5) is 11.4 Å². The fourth-order valence-corrected chi connectivity index (χ4v) is 10.2. The Balaban J connectivity index is 1.59. The van der Waals surface area contributed by atoms with Gasteiger partial charge in [0.15, 0.2) is 51.7 Å². The average Bonchev–Trinajstić information content (AvgIpc) is 4.31. The Morgan fingerprint density at radius 3 is 0.974 bits per heavy atom. The number of aromatic nitrogens is 3. The molecule has 3 aromatic heterocycles. The topological polar surface area (TPSA) is 211 Å². The molecule has 0 saturated heterocycles. The van der Waals surface area contributed by atoms with E-state index in [0.29, 0.717) is 135 Å². The number of nitro groups is 1. The van der Waals surface area contributed by atoms with Crippen molar-refractivity contribution >= 4 is 66.1 Å². The molecule has 2 N–H and O–H groups in total. The lowest BCUT2D eigenvalue weighted by molar-refractivity contribution is -0.383. The van der Waals surface area contributed by atoms with Crippen LogP contribution >= 0.6 is 15.9 Å². The number of hydrogen-bond donors (Lipinski definition) is 2. The van der Waals surface area contributed by atoms with Crippen molar-refractivity contribution in [2.24, 2.45) is 4.99 Å². The Kier molecular flexibility index (Phi) is 14.6. The molecule has 0 fully saturated rings. The number of halogens is 1. The molecule has 392 valence electrons. The molecule has 9 rings (SSSR count). The van der Waals surface area contributed by atoms with E-state index in [1.807, 2.05) is 60.7 Å². The lowest BCUT2D eigenvalue weighted by atomic mass is 9.97. The molecule has 2 aliphatic rings. The van der Waals surface area contributed by atoms with Crippen LogP contribution in [0.25, 0.3) is 78.7 Å². The summed E-state index contributed by atoms with van der Waals surface area (Å²) in [5.74, 6) is 4.08. The number of nitrogens with zero attached hydrogens (tertiary/aromatic N) is 3. The molecule has 7 aromatic rings. The molecule has 0 aliphatic carbocycles. The molecule has 5 heterocycles. The highest BCUT2D eigenvalue weighted by atomic mass is 79.9. The lowest BCUT2D eigenvalue weighted by Crippen LogP contribution is -1.99. The molecule has 2 aliphatic heterocycles. The van der Waals surface area contributed by atoms with Crippen molar-refractivity contribution in [3.05, 3.63) is 99.9 Å². The van der Waals surface area contributed by atoms with Gasteiger partial charge in [-0.15, -0.1) is 0 Å². The van der Waals surface area contributed by atoms with Gasteiger partial charge in [-0.3, -0.25) is 10.1 Å². The van der Waals surface area contributed by atoms with Gasteiger partial charge in [0, 0.05) is 44.3 Å². The van der Waals surface area contributed by atoms with E-state index in [1.165, 1.54) is 85.3 Å².